The molecule has 0 aliphatic carbocycles. The van der Waals surface area contributed by atoms with Gasteiger partial charge < -0.3 is 4.74 Å². The van der Waals surface area contributed by atoms with Crippen molar-refractivity contribution >= 4 is 17.6 Å². The summed E-state index contributed by atoms with van der Waals surface area (Å²) in [5, 5.41) is 0. The molecule has 0 saturated carbocycles. The number of anilines is 2. The fraction of sp³-hybridized carbons (Fsp3) is 0.357. The number of pyridine rings is 1. The van der Waals surface area contributed by atoms with Gasteiger partial charge in [-0.05, 0) is 63.9 Å². The van der Waals surface area contributed by atoms with Gasteiger partial charge >= 0.3 is 6.09 Å². The molecule has 1 aromatic heterocycles. The first kappa shape index (κ1) is 23.0. The lowest BCUT2D eigenvalue weighted by molar-refractivity contribution is 0.0597. The molecule has 1 unspecified atom stereocenters. The topological polar surface area (TPSA) is 45.7 Å². The highest BCUT2D eigenvalue weighted by atomic mass is 16.6. The normalized spacial score (nSPS) is 16.9. The summed E-state index contributed by atoms with van der Waals surface area (Å²) in [4.78, 5) is 22.3. The number of piperidine rings is 1. The first-order valence-electron chi connectivity index (χ1n) is 11.7. The van der Waals surface area contributed by atoms with Crippen LogP contribution in [0, 0.1) is 0 Å². The van der Waals surface area contributed by atoms with Gasteiger partial charge in [0, 0.05) is 24.3 Å². The minimum absolute atomic E-state index is 0.177. The van der Waals surface area contributed by atoms with Gasteiger partial charge in [0.2, 0.25) is 0 Å². The lowest BCUT2D eigenvalue weighted by Crippen LogP contribution is -2.37. The molecule has 0 radical (unpaired) electrons. The Labute approximate surface area is 197 Å². The maximum atomic E-state index is 13.4. The lowest BCUT2D eigenvalue weighted by atomic mass is 9.94. The fourth-order valence-corrected chi connectivity index (χ4v) is 4.41. The van der Waals surface area contributed by atoms with Crippen molar-refractivity contribution in [1.82, 2.24) is 9.88 Å². The third kappa shape index (κ3) is 5.79. The van der Waals surface area contributed by atoms with E-state index in [4.69, 9.17) is 9.72 Å². The van der Waals surface area contributed by atoms with Gasteiger partial charge in [-0.25, -0.2) is 14.7 Å². The molecule has 1 fully saturated rings. The number of benzene rings is 2. The molecule has 4 rings (SSSR count). The van der Waals surface area contributed by atoms with Crippen LogP contribution in [0.2, 0.25) is 0 Å². The molecule has 2 aromatic carbocycles. The van der Waals surface area contributed by atoms with E-state index in [0.717, 1.165) is 37.2 Å². The summed E-state index contributed by atoms with van der Waals surface area (Å²) < 4.78 is 5.81. The van der Waals surface area contributed by atoms with E-state index in [1.807, 2.05) is 57.2 Å². The van der Waals surface area contributed by atoms with Gasteiger partial charge in [-0.3, -0.25) is 4.90 Å². The third-order valence-corrected chi connectivity index (χ3v) is 5.82. The Morgan fingerprint density at radius 2 is 1.70 bits per heavy atom. The minimum atomic E-state index is -0.608. The zero-order valence-electron chi connectivity index (χ0n) is 19.8. The molecule has 0 spiro atoms. The predicted octanol–water partition coefficient (Wildman–Crippen LogP) is 6.88. The number of likely N-dealkylation sites (tertiary alicyclic amines) is 1. The Bertz CT molecular complexity index is 1050. The summed E-state index contributed by atoms with van der Waals surface area (Å²) in [5.41, 5.74) is 2.49. The van der Waals surface area contributed by atoms with Crippen molar-refractivity contribution in [3.05, 3.63) is 90.1 Å². The Balaban J connectivity index is 1.73. The molecule has 33 heavy (non-hydrogen) atoms. The number of hydrogen-bond donors (Lipinski definition) is 0. The van der Waals surface area contributed by atoms with Gasteiger partial charge in [0.05, 0.1) is 5.69 Å². The zero-order valence-corrected chi connectivity index (χ0v) is 19.8. The summed E-state index contributed by atoms with van der Waals surface area (Å²) >= 11 is 0. The molecule has 1 saturated heterocycles. The van der Waals surface area contributed by atoms with Gasteiger partial charge in [-0.1, -0.05) is 61.0 Å². The number of hydrogen-bond acceptors (Lipinski definition) is 4. The van der Waals surface area contributed by atoms with E-state index in [-0.39, 0.29) is 6.04 Å². The average Bonchev–Trinajstić information content (AvgIpc) is 2.80. The number of ether oxygens (including phenoxy) is 1. The Kier molecular flexibility index (Phi) is 7.09. The number of carbonyl (C=O) groups excluding carboxylic acids is 1. The van der Waals surface area contributed by atoms with Crippen molar-refractivity contribution in [2.75, 3.05) is 11.4 Å². The van der Waals surface area contributed by atoms with Gasteiger partial charge in [0.15, 0.2) is 0 Å². The van der Waals surface area contributed by atoms with Crippen molar-refractivity contribution in [3.63, 3.8) is 0 Å². The number of nitrogens with zero attached hydrogens (tertiary/aromatic N) is 3. The predicted molar refractivity (Wildman–Crippen MR) is 132 cm³/mol. The van der Waals surface area contributed by atoms with Gasteiger partial charge in [-0.2, -0.15) is 0 Å². The maximum absolute atomic E-state index is 13.4. The molecule has 3 aromatic rings. The van der Waals surface area contributed by atoms with Crippen LogP contribution in [0.15, 0.2) is 79.0 Å². The highest BCUT2D eigenvalue weighted by molar-refractivity contribution is 5.96. The molecular weight excluding hydrogens is 410 g/mol. The smallest absolute Gasteiger partial charge is 0.420 e. The fourth-order valence-electron chi connectivity index (χ4n) is 4.41. The van der Waals surface area contributed by atoms with Crippen LogP contribution in [-0.4, -0.2) is 28.1 Å². The summed E-state index contributed by atoms with van der Waals surface area (Å²) in [5.74, 6) is 0.642. The molecular formula is C28H33N3O2. The van der Waals surface area contributed by atoms with Crippen LogP contribution in [0.4, 0.5) is 16.3 Å². The van der Waals surface area contributed by atoms with Crippen LogP contribution in [0.1, 0.15) is 57.2 Å². The van der Waals surface area contributed by atoms with Gasteiger partial charge in [0.1, 0.15) is 11.4 Å². The average molecular weight is 444 g/mol. The summed E-state index contributed by atoms with van der Waals surface area (Å²) in [6.07, 6.45) is 4.70. The van der Waals surface area contributed by atoms with Crippen molar-refractivity contribution in [3.8, 4) is 0 Å². The first-order valence-corrected chi connectivity index (χ1v) is 11.7. The Morgan fingerprint density at radius 3 is 2.39 bits per heavy atom. The van der Waals surface area contributed by atoms with Crippen LogP contribution in [0.25, 0.3) is 0 Å². The minimum Gasteiger partial charge on any atom is -0.443 e. The molecule has 0 N–H and O–H groups in total. The number of para-hydroxylation sites is 1. The van der Waals surface area contributed by atoms with Crippen LogP contribution in [-0.2, 0) is 11.3 Å². The number of rotatable bonds is 5. The molecule has 5 nitrogen and oxygen atoms in total. The summed E-state index contributed by atoms with van der Waals surface area (Å²) in [6.45, 7) is 7.55. The van der Waals surface area contributed by atoms with E-state index in [0.29, 0.717) is 5.82 Å². The molecule has 0 bridgehead atoms. The van der Waals surface area contributed by atoms with E-state index in [1.165, 1.54) is 12.0 Å². The molecule has 1 amide bonds. The molecule has 172 valence electrons. The highest BCUT2D eigenvalue weighted by Gasteiger charge is 2.32. The highest BCUT2D eigenvalue weighted by Crippen LogP contribution is 2.39. The van der Waals surface area contributed by atoms with Crippen molar-refractivity contribution < 1.29 is 9.53 Å². The second-order valence-corrected chi connectivity index (χ2v) is 9.54. The molecule has 5 heteroatoms. The summed E-state index contributed by atoms with van der Waals surface area (Å²) in [6, 6.07) is 24.5. The van der Waals surface area contributed by atoms with E-state index < -0.39 is 11.7 Å². The molecule has 1 aliphatic rings. The number of carbonyl (C=O) groups is 1. The van der Waals surface area contributed by atoms with E-state index >= 15 is 0 Å². The van der Waals surface area contributed by atoms with Gasteiger partial charge in [0.25, 0.3) is 0 Å². The van der Waals surface area contributed by atoms with Crippen LogP contribution in [0.5, 0.6) is 0 Å². The lowest BCUT2D eigenvalue weighted by Gasteiger charge is -2.38. The van der Waals surface area contributed by atoms with E-state index in [9.17, 15) is 4.79 Å². The largest absolute Gasteiger partial charge is 0.443 e. The van der Waals surface area contributed by atoms with Crippen molar-refractivity contribution in [2.24, 2.45) is 0 Å². The molecule has 1 atom stereocenters. The van der Waals surface area contributed by atoms with Crippen LogP contribution >= 0.6 is 0 Å². The second kappa shape index (κ2) is 10.2. The molecule has 1 aliphatic heterocycles. The monoisotopic (exact) mass is 443 g/mol. The van der Waals surface area contributed by atoms with Crippen molar-refractivity contribution in [2.45, 2.75) is 58.2 Å². The van der Waals surface area contributed by atoms with E-state index in [2.05, 4.69) is 41.3 Å². The van der Waals surface area contributed by atoms with Crippen LogP contribution in [0.3, 0.4) is 0 Å². The van der Waals surface area contributed by atoms with E-state index in [1.54, 1.807) is 11.1 Å². The van der Waals surface area contributed by atoms with Gasteiger partial charge in [-0.15, -0.1) is 0 Å². The van der Waals surface area contributed by atoms with Crippen LogP contribution < -0.4 is 4.90 Å². The third-order valence-electron chi connectivity index (χ3n) is 5.82. The maximum Gasteiger partial charge on any atom is 0.420 e. The number of amides is 1. The molecule has 2 heterocycles. The summed E-state index contributed by atoms with van der Waals surface area (Å²) in [7, 11) is 0. The number of aromatic nitrogens is 1. The first-order chi connectivity index (χ1) is 15.9. The quantitative estimate of drug-likeness (QED) is 0.431. The second-order valence-electron chi connectivity index (χ2n) is 9.54. The Hall–Kier alpha value is -3.18. The standard InChI is InChI=1S/C28H33N3O2/c1-28(2,3)33-27(32)31(23-15-8-5-9-16-23)26-24(17-12-19-29-26)25-18-10-11-20-30(25)21-22-13-6-4-7-14-22/h4-9,12-17,19,25H,10-11,18,20-21H2,1-3H3. The Morgan fingerprint density at radius 1 is 1.00 bits per heavy atom. The SMILES string of the molecule is CC(C)(C)OC(=O)N(c1ccccc1)c1ncccc1C1CCCCN1Cc1ccccc1. The van der Waals surface area contributed by atoms with Crippen molar-refractivity contribution in [1.29, 1.82) is 0 Å². The zero-order chi connectivity index (χ0) is 23.3.